The van der Waals surface area contributed by atoms with Crippen LogP contribution in [0, 0.1) is 0 Å². The molecule has 0 bridgehead atoms. The van der Waals surface area contributed by atoms with Crippen LogP contribution in [0.4, 0.5) is 0 Å². The molecule has 0 amide bonds. The monoisotopic (exact) mass is 568 g/mol. The Balaban J connectivity index is 1.37. The molecule has 8 rings (SSSR count). The molecule has 206 valence electrons. The fourth-order valence-electron chi connectivity index (χ4n) is 5.56. The Morgan fingerprint density at radius 1 is 0.364 bits per heavy atom. The molecule has 0 N–H and O–H groups in total. The molecule has 8 aromatic rings. The number of benzene rings is 7. The molecule has 0 saturated heterocycles. The molecular weight excluding hydrogens is 534 g/mol. The van der Waals surface area contributed by atoms with Crippen LogP contribution in [-0.4, -0.2) is 15.0 Å². The topological polar surface area (TPSA) is 38.7 Å². The first-order chi connectivity index (χ1) is 24.7. The van der Waals surface area contributed by atoms with Crippen molar-refractivity contribution < 1.29 is 9.60 Å². The van der Waals surface area contributed by atoms with Crippen LogP contribution in [0.3, 0.4) is 0 Å². The lowest BCUT2D eigenvalue weighted by molar-refractivity contribution is 1.08. The number of hydrogen-bond acceptors (Lipinski definition) is 3. The average Bonchev–Trinajstić information content (AvgIpc) is 3.18. The molecule has 44 heavy (non-hydrogen) atoms. The van der Waals surface area contributed by atoms with Gasteiger partial charge < -0.3 is 0 Å². The summed E-state index contributed by atoms with van der Waals surface area (Å²) in [6.45, 7) is 0. The second-order valence-electron chi connectivity index (χ2n) is 10.3. The van der Waals surface area contributed by atoms with Gasteiger partial charge in [0.15, 0.2) is 17.5 Å². The van der Waals surface area contributed by atoms with E-state index in [0.29, 0.717) is 11.1 Å². The van der Waals surface area contributed by atoms with E-state index in [9.17, 15) is 0 Å². The van der Waals surface area contributed by atoms with Crippen LogP contribution in [0.15, 0.2) is 164 Å². The van der Waals surface area contributed by atoms with Gasteiger partial charge in [-0.15, -0.1) is 0 Å². The van der Waals surface area contributed by atoms with Crippen LogP contribution >= 0.6 is 0 Å². The highest BCUT2D eigenvalue weighted by molar-refractivity contribution is 6.05. The predicted octanol–water partition coefficient (Wildman–Crippen LogP) is 10.5. The van der Waals surface area contributed by atoms with Gasteiger partial charge in [-0.1, -0.05) is 158 Å². The van der Waals surface area contributed by atoms with Gasteiger partial charge in [-0.05, 0) is 49.9 Å². The zero-order chi connectivity index (χ0) is 35.4. The maximum atomic E-state index is 8.94. The maximum absolute atomic E-state index is 8.94. The summed E-state index contributed by atoms with van der Waals surface area (Å²) in [6, 6.07) is 36.6. The van der Waals surface area contributed by atoms with Crippen molar-refractivity contribution in [3.63, 3.8) is 0 Å². The summed E-state index contributed by atoms with van der Waals surface area (Å²) in [5, 5.41) is 1.95. The molecule has 0 unspecified atom stereocenters. The summed E-state index contributed by atoms with van der Waals surface area (Å²) in [5.74, 6) is 0.532. The molecule has 0 aliphatic heterocycles. The Morgan fingerprint density at radius 3 is 1.66 bits per heavy atom. The molecule has 0 saturated carbocycles. The average molecular weight is 569 g/mol. The predicted molar refractivity (Wildman–Crippen MR) is 182 cm³/mol. The first-order valence-corrected chi connectivity index (χ1v) is 14.2. The summed E-state index contributed by atoms with van der Waals surface area (Å²) in [6.07, 6.45) is 0. The zero-order valence-electron chi connectivity index (χ0n) is 30.4. The van der Waals surface area contributed by atoms with E-state index in [1.165, 1.54) is 0 Å². The van der Waals surface area contributed by atoms with Crippen LogP contribution in [0.1, 0.15) is 9.60 Å². The third-order valence-electron chi connectivity index (χ3n) is 7.64. The van der Waals surface area contributed by atoms with E-state index in [1.54, 1.807) is 0 Å². The Morgan fingerprint density at radius 2 is 0.909 bits per heavy atom. The second kappa shape index (κ2) is 11.0. The van der Waals surface area contributed by atoms with Gasteiger partial charge in [-0.25, -0.2) is 15.0 Å². The van der Waals surface area contributed by atoms with Crippen molar-refractivity contribution in [3.05, 3.63) is 164 Å². The van der Waals surface area contributed by atoms with Crippen LogP contribution in [0.5, 0.6) is 0 Å². The van der Waals surface area contributed by atoms with Gasteiger partial charge >= 0.3 is 0 Å². The quantitative estimate of drug-likeness (QED) is 0.207. The number of hydrogen-bond donors (Lipinski definition) is 0. The molecule has 0 aliphatic carbocycles. The highest BCUT2D eigenvalue weighted by Gasteiger charge is 2.15. The molecule has 7 aromatic carbocycles. The van der Waals surface area contributed by atoms with E-state index in [2.05, 4.69) is 36.4 Å². The van der Waals surface area contributed by atoms with E-state index in [4.69, 9.17) is 24.5 Å². The van der Waals surface area contributed by atoms with Crippen LogP contribution in [0.2, 0.25) is 0 Å². The highest BCUT2D eigenvalue weighted by Crippen LogP contribution is 2.37. The lowest BCUT2D eigenvalue weighted by Crippen LogP contribution is -2.00. The second-order valence-corrected chi connectivity index (χ2v) is 10.3. The minimum Gasteiger partial charge on any atom is -0.208 e. The summed E-state index contributed by atoms with van der Waals surface area (Å²) in [5.41, 5.74) is 5.47. The van der Waals surface area contributed by atoms with Gasteiger partial charge in [0.1, 0.15) is 0 Å². The number of aromatic nitrogens is 3. The largest absolute Gasteiger partial charge is 0.208 e. The summed E-state index contributed by atoms with van der Waals surface area (Å²) < 4.78 is 60.1. The Bertz CT molecular complexity index is 2660. The minimum absolute atomic E-state index is 0.0320. The maximum Gasteiger partial charge on any atom is 0.164 e. The number of rotatable bonds is 5. The molecule has 1 heterocycles. The Labute approximate surface area is 266 Å². The van der Waals surface area contributed by atoms with Gasteiger partial charge in [0.05, 0.1) is 9.60 Å². The third-order valence-corrected chi connectivity index (χ3v) is 7.64. The molecule has 1 aromatic heterocycles. The SMILES string of the molecule is [2H]c1c([2H])c([2H])c2c(-c3nc(-c4ccccc4)nc(-c4cccc(-c5ccc(-c6ccccc6)c6ccccc56)c4)n3)c([2H])c([2H])c([2H])c2c1[2H]. The molecule has 0 fully saturated rings. The lowest BCUT2D eigenvalue weighted by atomic mass is 9.91. The number of fused-ring (bicyclic) bond motifs is 2. The van der Waals surface area contributed by atoms with E-state index < -0.39 is 42.3 Å². The van der Waals surface area contributed by atoms with Gasteiger partial charge in [0.2, 0.25) is 0 Å². The fourth-order valence-corrected chi connectivity index (χ4v) is 5.56. The first-order valence-electron chi connectivity index (χ1n) is 17.7. The van der Waals surface area contributed by atoms with E-state index in [-0.39, 0.29) is 33.8 Å². The van der Waals surface area contributed by atoms with Crippen molar-refractivity contribution in [2.75, 3.05) is 0 Å². The van der Waals surface area contributed by atoms with Crippen molar-refractivity contribution >= 4 is 21.5 Å². The lowest BCUT2D eigenvalue weighted by Gasteiger charge is -2.13. The smallest absolute Gasteiger partial charge is 0.164 e. The Hall–Kier alpha value is -5.93. The van der Waals surface area contributed by atoms with Crippen molar-refractivity contribution in [3.8, 4) is 56.4 Å². The Kier molecular flexibility index (Phi) is 4.85. The van der Waals surface area contributed by atoms with E-state index in [1.807, 2.05) is 84.9 Å². The first kappa shape index (κ1) is 19.3. The molecule has 0 atom stereocenters. The highest BCUT2D eigenvalue weighted by atomic mass is 15.0. The standard InChI is InChI=1S/C41H27N3/c1-3-13-28(14-4-1)34-25-26-35(37-23-10-9-22-36(34)37)31-19-11-20-32(27-31)40-42-39(30-16-5-2-6-17-30)43-41(44-40)38-24-12-18-29-15-7-8-21-33(29)38/h1-27H/i7D,8D,12D,15D,18D,21D,24D. The molecule has 3 heteroatoms. The summed E-state index contributed by atoms with van der Waals surface area (Å²) >= 11 is 0. The molecule has 0 aliphatic rings. The number of nitrogens with zero attached hydrogens (tertiary/aromatic N) is 3. The van der Waals surface area contributed by atoms with Crippen molar-refractivity contribution in [1.82, 2.24) is 15.0 Å². The van der Waals surface area contributed by atoms with Gasteiger partial charge in [0.25, 0.3) is 0 Å². The van der Waals surface area contributed by atoms with Crippen LogP contribution in [0.25, 0.3) is 78.0 Å². The van der Waals surface area contributed by atoms with Crippen molar-refractivity contribution in [1.29, 1.82) is 0 Å². The molecule has 0 radical (unpaired) electrons. The normalized spacial score (nSPS) is 13.4. The van der Waals surface area contributed by atoms with Crippen LogP contribution in [-0.2, 0) is 0 Å². The van der Waals surface area contributed by atoms with Gasteiger partial charge in [-0.3, -0.25) is 0 Å². The van der Waals surface area contributed by atoms with Crippen molar-refractivity contribution in [2.24, 2.45) is 0 Å². The van der Waals surface area contributed by atoms with Crippen LogP contribution < -0.4 is 0 Å². The minimum atomic E-state index is -0.522. The van der Waals surface area contributed by atoms with Gasteiger partial charge in [0, 0.05) is 16.7 Å². The summed E-state index contributed by atoms with van der Waals surface area (Å²) in [4.78, 5) is 14.4. The van der Waals surface area contributed by atoms with E-state index >= 15 is 0 Å². The molecule has 0 spiro atoms. The zero-order valence-corrected chi connectivity index (χ0v) is 23.4. The summed E-state index contributed by atoms with van der Waals surface area (Å²) in [7, 11) is 0. The molecular formula is C41H27N3. The van der Waals surface area contributed by atoms with Gasteiger partial charge in [-0.2, -0.15) is 0 Å². The fraction of sp³-hybridized carbons (Fsp3) is 0. The third kappa shape index (κ3) is 4.71. The van der Waals surface area contributed by atoms with E-state index in [0.717, 1.165) is 33.0 Å². The molecule has 3 nitrogen and oxygen atoms in total. The van der Waals surface area contributed by atoms with Crippen molar-refractivity contribution in [2.45, 2.75) is 0 Å².